The lowest BCUT2D eigenvalue weighted by Gasteiger charge is -2.46. The van der Waals surface area contributed by atoms with Gasteiger partial charge in [0.25, 0.3) is 0 Å². The van der Waals surface area contributed by atoms with Gasteiger partial charge in [-0.15, -0.1) is 0 Å². The summed E-state index contributed by atoms with van der Waals surface area (Å²) in [7, 11) is 0. The Morgan fingerprint density at radius 1 is 1.53 bits per heavy atom. The number of hydrogen-bond donors (Lipinski definition) is 0. The highest BCUT2D eigenvalue weighted by molar-refractivity contribution is 14.1. The number of hydrogen-bond acceptors (Lipinski definition) is 3. The fourth-order valence-corrected chi connectivity index (χ4v) is 4.39. The van der Waals surface area contributed by atoms with E-state index in [0.717, 1.165) is 17.3 Å². The van der Waals surface area contributed by atoms with Crippen molar-refractivity contribution < 1.29 is 14.2 Å². The van der Waals surface area contributed by atoms with Gasteiger partial charge in [-0.3, -0.25) is 0 Å². The van der Waals surface area contributed by atoms with Gasteiger partial charge in [-0.1, -0.05) is 41.7 Å². The van der Waals surface area contributed by atoms with Crippen molar-refractivity contribution in [2.75, 3.05) is 11.0 Å². The van der Waals surface area contributed by atoms with E-state index in [4.69, 9.17) is 14.2 Å². The fraction of sp³-hybridized carbons (Fsp3) is 0.867. The largest absolute Gasteiger partial charge is 0.365 e. The quantitative estimate of drug-likeness (QED) is 0.241. The molecule has 0 bridgehead atoms. The zero-order chi connectivity index (χ0) is 13.5. The maximum atomic E-state index is 6.28. The summed E-state index contributed by atoms with van der Waals surface area (Å²) in [4.78, 5) is 0. The van der Waals surface area contributed by atoms with Gasteiger partial charge in [0.15, 0.2) is 6.29 Å². The summed E-state index contributed by atoms with van der Waals surface area (Å²) in [6, 6.07) is 0. The molecule has 0 aromatic carbocycles. The van der Waals surface area contributed by atoms with Crippen LogP contribution in [-0.2, 0) is 14.2 Å². The van der Waals surface area contributed by atoms with Crippen molar-refractivity contribution in [1.29, 1.82) is 0 Å². The lowest BCUT2D eigenvalue weighted by molar-refractivity contribution is -0.193. The molecular weight excluding hydrogens is 355 g/mol. The third-order valence-electron chi connectivity index (χ3n) is 5.02. The van der Waals surface area contributed by atoms with Crippen LogP contribution in [0.15, 0.2) is 12.2 Å². The molecular formula is C15H23IO3. The number of halogens is 1. The summed E-state index contributed by atoms with van der Waals surface area (Å²) in [5.41, 5.74) is 0.0853. The Labute approximate surface area is 129 Å². The van der Waals surface area contributed by atoms with Crippen LogP contribution in [0.3, 0.4) is 0 Å². The second-order valence-corrected chi connectivity index (χ2v) is 6.85. The van der Waals surface area contributed by atoms with E-state index in [1.807, 2.05) is 6.92 Å². The summed E-state index contributed by atoms with van der Waals surface area (Å²) in [5, 5.41) is 0. The molecule has 2 fully saturated rings. The molecule has 3 nitrogen and oxygen atoms in total. The molecule has 1 saturated carbocycles. The van der Waals surface area contributed by atoms with E-state index in [-0.39, 0.29) is 23.4 Å². The Morgan fingerprint density at radius 3 is 3.11 bits per heavy atom. The van der Waals surface area contributed by atoms with Crippen molar-refractivity contribution in [2.45, 2.75) is 63.6 Å². The van der Waals surface area contributed by atoms with E-state index in [0.29, 0.717) is 12.7 Å². The summed E-state index contributed by atoms with van der Waals surface area (Å²) in [5.74, 6) is 0. The zero-order valence-corrected chi connectivity index (χ0v) is 13.9. The molecule has 1 saturated heterocycles. The van der Waals surface area contributed by atoms with E-state index < -0.39 is 0 Å². The minimum atomic E-state index is -0.0879. The predicted molar refractivity (Wildman–Crippen MR) is 82.5 cm³/mol. The van der Waals surface area contributed by atoms with Crippen LogP contribution in [0.5, 0.6) is 0 Å². The first-order valence-electron chi connectivity index (χ1n) is 7.35. The number of alkyl halides is 1. The second kappa shape index (κ2) is 5.28. The first-order valence-corrected chi connectivity index (χ1v) is 8.87. The third kappa shape index (κ3) is 2.19. The van der Waals surface area contributed by atoms with Crippen molar-refractivity contribution in [1.82, 2.24) is 0 Å². The molecule has 0 amide bonds. The van der Waals surface area contributed by atoms with Crippen molar-refractivity contribution >= 4 is 22.6 Å². The van der Waals surface area contributed by atoms with Gasteiger partial charge in [-0.05, 0) is 32.6 Å². The molecule has 2 aliphatic carbocycles. The van der Waals surface area contributed by atoms with E-state index in [2.05, 4.69) is 41.7 Å². The highest BCUT2D eigenvalue weighted by atomic mass is 127. The van der Waals surface area contributed by atoms with Gasteiger partial charge in [-0.2, -0.15) is 0 Å². The Balaban J connectivity index is 1.77. The highest BCUT2D eigenvalue weighted by Gasteiger charge is 2.70. The van der Waals surface area contributed by atoms with E-state index in [9.17, 15) is 0 Å². The molecule has 1 aliphatic heterocycles. The van der Waals surface area contributed by atoms with Gasteiger partial charge in [-0.25, -0.2) is 0 Å². The summed E-state index contributed by atoms with van der Waals surface area (Å²) in [6.07, 6.45) is 9.74. The van der Waals surface area contributed by atoms with Crippen LogP contribution in [0.4, 0.5) is 0 Å². The molecule has 108 valence electrons. The molecule has 0 unspecified atom stereocenters. The van der Waals surface area contributed by atoms with Gasteiger partial charge in [0.1, 0.15) is 5.60 Å². The molecule has 0 N–H and O–H groups in total. The van der Waals surface area contributed by atoms with Crippen LogP contribution in [-0.4, -0.2) is 35.1 Å². The standard InChI is InChI=1S/C15H23IO3/c1-3-17-13(10-16)18-11-6-5-9-15-12(19-15)7-4-8-14(11,15)2/h4,8,11-13H,3,5-7,9-10H2,1-2H3/t11-,12-,13-,14-,15-/m1/s1. The number of epoxide rings is 1. The topological polar surface area (TPSA) is 31.0 Å². The van der Waals surface area contributed by atoms with E-state index in [1.54, 1.807) is 0 Å². The van der Waals surface area contributed by atoms with Crippen molar-refractivity contribution in [3.63, 3.8) is 0 Å². The Kier molecular flexibility index (Phi) is 3.97. The van der Waals surface area contributed by atoms with Crippen molar-refractivity contribution in [3.8, 4) is 0 Å². The van der Waals surface area contributed by atoms with E-state index >= 15 is 0 Å². The van der Waals surface area contributed by atoms with Gasteiger partial charge in [0.05, 0.1) is 16.6 Å². The fourth-order valence-electron chi connectivity index (χ4n) is 3.93. The first kappa shape index (κ1) is 14.3. The zero-order valence-electron chi connectivity index (χ0n) is 11.7. The third-order valence-corrected chi connectivity index (χ3v) is 5.74. The van der Waals surface area contributed by atoms with E-state index in [1.165, 1.54) is 12.8 Å². The number of rotatable bonds is 5. The Hall–Kier alpha value is 0.350. The van der Waals surface area contributed by atoms with Crippen molar-refractivity contribution in [2.24, 2.45) is 5.41 Å². The Bertz CT molecular complexity index is 372. The average molecular weight is 378 g/mol. The van der Waals surface area contributed by atoms with Gasteiger partial charge < -0.3 is 14.2 Å². The maximum absolute atomic E-state index is 6.28. The second-order valence-electron chi connectivity index (χ2n) is 5.97. The minimum Gasteiger partial charge on any atom is -0.365 e. The Morgan fingerprint density at radius 2 is 2.37 bits per heavy atom. The monoisotopic (exact) mass is 378 g/mol. The average Bonchev–Trinajstić information content (AvgIpc) is 3.12. The lowest BCUT2D eigenvalue weighted by Crippen LogP contribution is -2.52. The van der Waals surface area contributed by atoms with Gasteiger partial charge in [0, 0.05) is 12.0 Å². The molecule has 1 spiro atoms. The predicted octanol–water partition coefficient (Wildman–Crippen LogP) is 3.46. The van der Waals surface area contributed by atoms with Crippen LogP contribution in [0, 0.1) is 5.41 Å². The smallest absolute Gasteiger partial charge is 0.166 e. The molecule has 0 radical (unpaired) electrons. The summed E-state index contributed by atoms with van der Waals surface area (Å²) >= 11 is 2.34. The van der Waals surface area contributed by atoms with Crippen LogP contribution in [0.1, 0.15) is 39.5 Å². The van der Waals surface area contributed by atoms with Crippen LogP contribution in [0.2, 0.25) is 0 Å². The summed E-state index contributed by atoms with van der Waals surface area (Å²) in [6.45, 7) is 5.03. The molecule has 0 aromatic heterocycles. The van der Waals surface area contributed by atoms with Crippen LogP contribution >= 0.6 is 22.6 Å². The first-order chi connectivity index (χ1) is 9.16. The molecule has 3 rings (SSSR count). The van der Waals surface area contributed by atoms with Crippen LogP contribution in [0.25, 0.3) is 0 Å². The molecule has 19 heavy (non-hydrogen) atoms. The maximum Gasteiger partial charge on any atom is 0.166 e. The van der Waals surface area contributed by atoms with Gasteiger partial charge in [0.2, 0.25) is 0 Å². The van der Waals surface area contributed by atoms with Crippen molar-refractivity contribution in [3.05, 3.63) is 12.2 Å². The highest BCUT2D eigenvalue weighted by Crippen LogP contribution is 2.63. The van der Waals surface area contributed by atoms with Gasteiger partial charge >= 0.3 is 0 Å². The molecule has 3 aliphatic rings. The lowest BCUT2D eigenvalue weighted by atomic mass is 9.61. The van der Waals surface area contributed by atoms with Crippen LogP contribution < -0.4 is 0 Å². The number of ether oxygens (including phenoxy) is 3. The summed E-state index contributed by atoms with van der Waals surface area (Å²) < 4.78 is 18.9. The SMILES string of the molecule is CCO[C@@H](CI)O[C@@H]1CCC[C@@]23O[C@@H]2CC=C[C@]13C. The molecule has 0 aromatic rings. The minimum absolute atomic E-state index is 0.0231. The molecule has 1 heterocycles. The normalized spacial score (nSPS) is 45.4. The molecule has 5 atom stereocenters. The molecule has 4 heteroatoms.